The molecule has 1 aromatic heterocycles. The second-order valence-electron chi connectivity index (χ2n) is 4.60. The summed E-state index contributed by atoms with van der Waals surface area (Å²) in [5.74, 6) is 0.645. The summed E-state index contributed by atoms with van der Waals surface area (Å²) in [5.41, 5.74) is 0.417. The van der Waals surface area contributed by atoms with Crippen LogP contribution >= 0.6 is 0 Å². The minimum Gasteiger partial charge on any atom is -0.482 e. The quantitative estimate of drug-likeness (QED) is 0.846. The second kappa shape index (κ2) is 6.13. The Morgan fingerprint density at radius 1 is 1.24 bits per heavy atom. The Kier molecular flexibility index (Phi) is 4.47. The first-order chi connectivity index (χ1) is 9.91. The lowest BCUT2D eigenvalue weighted by atomic mass is 10.2. The lowest BCUT2D eigenvalue weighted by molar-refractivity contribution is 0.283. The molecule has 0 aliphatic rings. The summed E-state index contributed by atoms with van der Waals surface area (Å²) in [7, 11) is -3.27. The van der Waals surface area contributed by atoms with E-state index in [1.807, 2.05) is 6.92 Å². The van der Waals surface area contributed by atoms with E-state index in [9.17, 15) is 13.2 Å². The molecule has 0 aliphatic carbocycles. The van der Waals surface area contributed by atoms with Crippen LogP contribution < -0.4 is 10.2 Å². The molecule has 0 N–H and O–H groups in total. The molecule has 21 heavy (non-hydrogen) atoms. The molecule has 1 aromatic carbocycles. The molecule has 0 saturated carbocycles. The Balaban J connectivity index is 2.24. The van der Waals surface area contributed by atoms with Gasteiger partial charge in [-0.3, -0.25) is 4.79 Å². The Labute approximate surface area is 123 Å². The normalized spacial score (nSPS) is 11.3. The molecule has 0 spiro atoms. The number of aryl methyl sites for hydroxylation is 1. The largest absolute Gasteiger partial charge is 0.482 e. The number of ether oxygens (including phenoxy) is 1. The second-order valence-corrected chi connectivity index (χ2v) is 6.61. The molecule has 0 fully saturated rings. The fourth-order valence-electron chi connectivity index (χ4n) is 1.86. The SMILES string of the molecule is CCc1occc(=O)c1OCc1cccc(S(C)(=O)=O)c1. The van der Waals surface area contributed by atoms with Crippen molar-refractivity contribution in [2.45, 2.75) is 24.8 Å². The molecule has 0 unspecified atom stereocenters. The average Bonchev–Trinajstić information content (AvgIpc) is 2.45. The van der Waals surface area contributed by atoms with Gasteiger partial charge >= 0.3 is 0 Å². The molecule has 0 amide bonds. The predicted octanol–water partition coefficient (Wildman–Crippen LogP) is 2.18. The Bertz CT molecular complexity index is 790. The van der Waals surface area contributed by atoms with Gasteiger partial charge in [0.05, 0.1) is 11.2 Å². The number of rotatable bonds is 5. The first-order valence-corrected chi connectivity index (χ1v) is 8.33. The smallest absolute Gasteiger partial charge is 0.227 e. The van der Waals surface area contributed by atoms with Gasteiger partial charge in [0.2, 0.25) is 11.2 Å². The molecule has 2 aromatic rings. The van der Waals surface area contributed by atoms with Crippen molar-refractivity contribution in [2.24, 2.45) is 0 Å². The molecule has 2 rings (SSSR count). The van der Waals surface area contributed by atoms with Crippen molar-refractivity contribution in [3.8, 4) is 5.75 Å². The van der Waals surface area contributed by atoms with Crippen molar-refractivity contribution < 1.29 is 17.6 Å². The van der Waals surface area contributed by atoms with Crippen molar-refractivity contribution in [1.82, 2.24) is 0 Å². The van der Waals surface area contributed by atoms with Crippen molar-refractivity contribution in [2.75, 3.05) is 6.26 Å². The van der Waals surface area contributed by atoms with Gasteiger partial charge in [0.25, 0.3) is 0 Å². The summed E-state index contributed by atoms with van der Waals surface area (Å²) in [6.45, 7) is 1.96. The van der Waals surface area contributed by atoms with Gasteiger partial charge in [0.1, 0.15) is 12.4 Å². The standard InChI is InChI=1S/C15H16O5S/c1-3-14-15(13(16)7-8-19-14)20-10-11-5-4-6-12(9-11)21(2,17)18/h4-9H,3,10H2,1-2H3. The first-order valence-electron chi connectivity index (χ1n) is 6.44. The number of sulfone groups is 1. The summed E-state index contributed by atoms with van der Waals surface area (Å²) in [6, 6.07) is 7.73. The summed E-state index contributed by atoms with van der Waals surface area (Å²) >= 11 is 0. The van der Waals surface area contributed by atoms with E-state index >= 15 is 0 Å². The molecular weight excluding hydrogens is 292 g/mol. The zero-order valence-electron chi connectivity index (χ0n) is 11.8. The van der Waals surface area contributed by atoms with Crippen LogP contribution in [-0.2, 0) is 22.9 Å². The molecule has 0 bridgehead atoms. The van der Waals surface area contributed by atoms with Gasteiger partial charge in [-0.1, -0.05) is 19.1 Å². The maximum Gasteiger partial charge on any atom is 0.227 e. The summed E-state index contributed by atoms with van der Waals surface area (Å²) in [5, 5.41) is 0. The molecular formula is C15H16O5S. The van der Waals surface area contributed by atoms with Crippen molar-refractivity contribution >= 4 is 9.84 Å². The van der Waals surface area contributed by atoms with Crippen LogP contribution in [0.5, 0.6) is 5.75 Å². The van der Waals surface area contributed by atoms with Crippen molar-refractivity contribution in [3.63, 3.8) is 0 Å². The van der Waals surface area contributed by atoms with E-state index in [4.69, 9.17) is 9.15 Å². The highest BCUT2D eigenvalue weighted by Gasteiger charge is 2.11. The highest BCUT2D eigenvalue weighted by Crippen LogP contribution is 2.17. The highest BCUT2D eigenvalue weighted by molar-refractivity contribution is 7.90. The first kappa shape index (κ1) is 15.3. The average molecular weight is 308 g/mol. The maximum atomic E-state index is 11.8. The van der Waals surface area contributed by atoms with Gasteiger partial charge in [-0.2, -0.15) is 0 Å². The van der Waals surface area contributed by atoms with Crippen LogP contribution in [-0.4, -0.2) is 14.7 Å². The topological polar surface area (TPSA) is 73.6 Å². The van der Waals surface area contributed by atoms with Gasteiger partial charge in [-0.15, -0.1) is 0 Å². The third-order valence-electron chi connectivity index (χ3n) is 2.94. The van der Waals surface area contributed by atoms with Crippen LogP contribution in [0, 0.1) is 0 Å². The fraction of sp³-hybridized carbons (Fsp3) is 0.267. The lowest BCUT2D eigenvalue weighted by Crippen LogP contribution is -2.09. The van der Waals surface area contributed by atoms with E-state index < -0.39 is 9.84 Å². The van der Waals surface area contributed by atoms with E-state index in [0.717, 1.165) is 6.26 Å². The van der Waals surface area contributed by atoms with Crippen LogP contribution in [0.4, 0.5) is 0 Å². The van der Waals surface area contributed by atoms with E-state index in [1.54, 1.807) is 12.1 Å². The van der Waals surface area contributed by atoms with E-state index in [2.05, 4.69) is 0 Å². The minimum atomic E-state index is -3.27. The van der Waals surface area contributed by atoms with E-state index in [1.165, 1.54) is 24.5 Å². The van der Waals surface area contributed by atoms with Crippen LogP contribution in [0.25, 0.3) is 0 Å². The van der Waals surface area contributed by atoms with Crippen LogP contribution in [0.3, 0.4) is 0 Å². The number of benzene rings is 1. The highest BCUT2D eigenvalue weighted by atomic mass is 32.2. The summed E-state index contributed by atoms with van der Waals surface area (Å²) in [6.07, 6.45) is 3.01. The van der Waals surface area contributed by atoms with E-state index in [-0.39, 0.29) is 22.7 Å². The van der Waals surface area contributed by atoms with Crippen LogP contribution in [0.1, 0.15) is 18.2 Å². The molecule has 0 saturated heterocycles. The summed E-state index contributed by atoms with van der Waals surface area (Å²) in [4.78, 5) is 12.0. The Morgan fingerprint density at radius 3 is 2.67 bits per heavy atom. The van der Waals surface area contributed by atoms with Gasteiger partial charge in [0, 0.05) is 18.7 Å². The van der Waals surface area contributed by atoms with Crippen molar-refractivity contribution in [1.29, 1.82) is 0 Å². The van der Waals surface area contributed by atoms with Crippen molar-refractivity contribution in [3.05, 3.63) is 58.1 Å². The van der Waals surface area contributed by atoms with Gasteiger partial charge in [-0.25, -0.2) is 8.42 Å². The molecule has 5 nitrogen and oxygen atoms in total. The number of hydrogen-bond donors (Lipinski definition) is 0. The third kappa shape index (κ3) is 3.72. The van der Waals surface area contributed by atoms with Gasteiger partial charge in [-0.05, 0) is 17.7 Å². The molecule has 112 valence electrons. The van der Waals surface area contributed by atoms with Gasteiger partial charge < -0.3 is 9.15 Å². The molecule has 0 radical (unpaired) electrons. The zero-order chi connectivity index (χ0) is 15.5. The lowest BCUT2D eigenvalue weighted by Gasteiger charge is -2.09. The third-order valence-corrected chi connectivity index (χ3v) is 4.05. The Morgan fingerprint density at radius 2 is 2.00 bits per heavy atom. The Hall–Kier alpha value is -2.08. The fourth-order valence-corrected chi connectivity index (χ4v) is 2.55. The predicted molar refractivity (Wildman–Crippen MR) is 78.2 cm³/mol. The molecule has 0 atom stereocenters. The molecule has 0 aliphatic heterocycles. The van der Waals surface area contributed by atoms with Crippen LogP contribution in [0.2, 0.25) is 0 Å². The monoisotopic (exact) mass is 308 g/mol. The van der Waals surface area contributed by atoms with E-state index in [0.29, 0.717) is 17.7 Å². The van der Waals surface area contributed by atoms with Gasteiger partial charge in [0.15, 0.2) is 9.84 Å². The molecule has 6 heteroatoms. The molecule has 1 heterocycles. The summed E-state index contributed by atoms with van der Waals surface area (Å²) < 4.78 is 33.8. The number of hydrogen-bond acceptors (Lipinski definition) is 5. The minimum absolute atomic E-state index is 0.102. The van der Waals surface area contributed by atoms with Crippen LogP contribution in [0.15, 0.2) is 50.7 Å². The maximum absolute atomic E-state index is 11.8. The zero-order valence-corrected chi connectivity index (χ0v) is 12.6.